The number of nitrogens with one attached hydrogen (secondary N) is 2. The van der Waals surface area contributed by atoms with Crippen molar-refractivity contribution < 1.29 is 9.72 Å². The Morgan fingerprint density at radius 1 is 1.30 bits per heavy atom. The van der Waals surface area contributed by atoms with E-state index < -0.39 is 4.92 Å². The van der Waals surface area contributed by atoms with Crippen LogP contribution >= 0.6 is 0 Å². The minimum absolute atomic E-state index is 0.0832. The number of anilines is 1. The molecule has 0 fully saturated rings. The molecule has 110 valence electrons. The van der Waals surface area contributed by atoms with Gasteiger partial charge in [-0.2, -0.15) is 0 Å². The Balaban J connectivity index is 2.78. The molecule has 0 saturated carbocycles. The van der Waals surface area contributed by atoms with Gasteiger partial charge >= 0.3 is 0 Å². The van der Waals surface area contributed by atoms with E-state index in [1.807, 2.05) is 0 Å². The average Bonchev–Trinajstić information content (AvgIpc) is 2.46. The lowest BCUT2D eigenvalue weighted by atomic mass is 10.1. The highest BCUT2D eigenvalue weighted by Gasteiger charge is 2.15. The highest BCUT2D eigenvalue weighted by molar-refractivity contribution is 6.00. The van der Waals surface area contributed by atoms with Gasteiger partial charge in [0.25, 0.3) is 11.6 Å². The van der Waals surface area contributed by atoms with Crippen molar-refractivity contribution in [1.82, 2.24) is 5.32 Å². The summed E-state index contributed by atoms with van der Waals surface area (Å²) in [6.45, 7) is 2.90. The van der Waals surface area contributed by atoms with Crippen molar-refractivity contribution in [2.75, 3.05) is 18.9 Å². The summed E-state index contributed by atoms with van der Waals surface area (Å²) in [6.07, 6.45) is 4.50. The molecule has 0 aromatic heterocycles. The molecule has 1 rings (SSSR count). The number of nitrogens with zero attached hydrogens (tertiary/aromatic N) is 1. The third-order valence-corrected chi connectivity index (χ3v) is 3.03. The fraction of sp³-hybridized carbons (Fsp3) is 0.500. The number of nitro benzene ring substituents is 1. The smallest absolute Gasteiger partial charge is 0.270 e. The number of carbonyl (C=O) groups excluding carboxylic acids is 1. The average molecular weight is 279 g/mol. The van der Waals surface area contributed by atoms with E-state index in [1.165, 1.54) is 32.0 Å². The molecule has 2 N–H and O–H groups in total. The molecule has 0 atom stereocenters. The maximum atomic E-state index is 11.8. The minimum Gasteiger partial charge on any atom is -0.384 e. The molecule has 1 amide bonds. The Labute approximate surface area is 118 Å². The lowest BCUT2D eigenvalue weighted by Gasteiger charge is -2.11. The van der Waals surface area contributed by atoms with Gasteiger partial charge in [-0.05, 0) is 12.5 Å². The number of unbranched alkanes of at least 4 members (excludes halogenated alkanes) is 3. The maximum absolute atomic E-state index is 11.8. The van der Waals surface area contributed by atoms with E-state index in [9.17, 15) is 14.9 Å². The van der Waals surface area contributed by atoms with Gasteiger partial charge in [0.05, 0.1) is 10.5 Å². The van der Waals surface area contributed by atoms with Crippen LogP contribution in [0.3, 0.4) is 0 Å². The number of rotatable bonds is 8. The second-order valence-electron chi connectivity index (χ2n) is 4.55. The fourth-order valence-electron chi connectivity index (χ4n) is 1.90. The summed E-state index contributed by atoms with van der Waals surface area (Å²) in [5, 5.41) is 16.4. The highest BCUT2D eigenvalue weighted by atomic mass is 16.6. The molecule has 0 aliphatic rings. The summed E-state index contributed by atoms with van der Waals surface area (Å²) in [5.74, 6) is -0.329. The first kappa shape index (κ1) is 15.9. The van der Waals surface area contributed by atoms with E-state index in [2.05, 4.69) is 17.6 Å². The van der Waals surface area contributed by atoms with Crippen LogP contribution in [-0.4, -0.2) is 24.4 Å². The van der Waals surface area contributed by atoms with Gasteiger partial charge in [0.15, 0.2) is 0 Å². The largest absolute Gasteiger partial charge is 0.384 e. The number of hydrogen-bond acceptors (Lipinski definition) is 4. The van der Waals surface area contributed by atoms with Crippen LogP contribution in [0.1, 0.15) is 43.0 Å². The summed E-state index contributed by atoms with van der Waals surface area (Å²) in [4.78, 5) is 22.0. The molecule has 6 heteroatoms. The van der Waals surface area contributed by atoms with E-state index in [0.717, 1.165) is 19.4 Å². The van der Waals surface area contributed by atoms with Crippen molar-refractivity contribution in [3.8, 4) is 0 Å². The van der Waals surface area contributed by atoms with Gasteiger partial charge < -0.3 is 10.6 Å². The third-order valence-electron chi connectivity index (χ3n) is 3.03. The Morgan fingerprint density at radius 2 is 2.05 bits per heavy atom. The summed E-state index contributed by atoms with van der Waals surface area (Å²) in [7, 11) is 1.51. The number of hydrogen-bond donors (Lipinski definition) is 2. The van der Waals surface area contributed by atoms with Gasteiger partial charge in [-0.1, -0.05) is 26.2 Å². The summed E-state index contributed by atoms with van der Waals surface area (Å²) >= 11 is 0. The molecule has 20 heavy (non-hydrogen) atoms. The number of non-ortho nitro benzene ring substituents is 1. The molecule has 0 spiro atoms. The second-order valence-corrected chi connectivity index (χ2v) is 4.55. The lowest BCUT2D eigenvalue weighted by molar-refractivity contribution is -0.384. The van der Waals surface area contributed by atoms with Crippen molar-refractivity contribution in [1.29, 1.82) is 0 Å². The zero-order valence-corrected chi connectivity index (χ0v) is 11.9. The third kappa shape index (κ3) is 4.53. The van der Waals surface area contributed by atoms with Gasteiger partial charge in [0.1, 0.15) is 0 Å². The van der Waals surface area contributed by atoms with E-state index in [-0.39, 0.29) is 11.6 Å². The van der Waals surface area contributed by atoms with Crippen molar-refractivity contribution in [2.24, 2.45) is 0 Å². The molecule has 0 radical (unpaired) electrons. The predicted octanol–water partition coefficient (Wildman–Crippen LogP) is 2.95. The van der Waals surface area contributed by atoms with Crippen LogP contribution in [0.15, 0.2) is 18.2 Å². The normalized spacial score (nSPS) is 10.1. The maximum Gasteiger partial charge on any atom is 0.270 e. The standard InChI is InChI=1S/C14H21N3O3/c1-3-4-5-6-9-16-13-8-7-11(17(19)20)10-12(13)14(18)15-2/h7-8,10,16H,3-6,9H2,1-2H3,(H,15,18). The zero-order chi connectivity index (χ0) is 15.0. The Bertz CT molecular complexity index is 475. The first-order valence-electron chi connectivity index (χ1n) is 6.84. The molecule has 0 aliphatic carbocycles. The molecule has 6 nitrogen and oxygen atoms in total. The van der Waals surface area contributed by atoms with Crippen LogP contribution < -0.4 is 10.6 Å². The summed E-state index contributed by atoms with van der Waals surface area (Å²) in [6, 6.07) is 4.29. The number of carbonyl (C=O) groups is 1. The second kappa shape index (κ2) is 8.14. The molecule has 0 heterocycles. The van der Waals surface area contributed by atoms with Gasteiger partial charge in [-0.15, -0.1) is 0 Å². The van der Waals surface area contributed by atoms with Crippen molar-refractivity contribution in [2.45, 2.75) is 32.6 Å². The minimum atomic E-state index is -0.503. The number of benzene rings is 1. The number of nitro groups is 1. The molecular weight excluding hydrogens is 258 g/mol. The van der Waals surface area contributed by atoms with Crippen LogP contribution in [0.5, 0.6) is 0 Å². The van der Waals surface area contributed by atoms with Gasteiger partial charge in [-0.3, -0.25) is 14.9 Å². The molecule has 0 aliphatic heterocycles. The van der Waals surface area contributed by atoms with E-state index in [0.29, 0.717) is 11.3 Å². The quantitative estimate of drug-likeness (QED) is 0.435. The molecule has 0 bridgehead atoms. The van der Waals surface area contributed by atoms with Gasteiger partial charge in [0.2, 0.25) is 0 Å². The van der Waals surface area contributed by atoms with E-state index >= 15 is 0 Å². The SMILES string of the molecule is CCCCCCNc1ccc([N+](=O)[O-])cc1C(=O)NC. The Hall–Kier alpha value is -2.11. The number of amides is 1. The molecular formula is C14H21N3O3. The van der Waals surface area contributed by atoms with Crippen molar-refractivity contribution >= 4 is 17.3 Å². The van der Waals surface area contributed by atoms with Crippen LogP contribution in [0, 0.1) is 10.1 Å². The van der Waals surface area contributed by atoms with Crippen molar-refractivity contribution in [3.63, 3.8) is 0 Å². The Morgan fingerprint density at radius 3 is 2.65 bits per heavy atom. The molecule has 1 aromatic rings. The first-order valence-corrected chi connectivity index (χ1v) is 6.84. The van der Waals surface area contributed by atoms with Gasteiger partial charge in [0, 0.05) is 31.4 Å². The van der Waals surface area contributed by atoms with Gasteiger partial charge in [-0.25, -0.2) is 0 Å². The molecule has 0 saturated heterocycles. The van der Waals surface area contributed by atoms with Crippen LogP contribution in [0.2, 0.25) is 0 Å². The van der Waals surface area contributed by atoms with Crippen LogP contribution in [0.4, 0.5) is 11.4 Å². The lowest BCUT2D eigenvalue weighted by Crippen LogP contribution is -2.20. The van der Waals surface area contributed by atoms with E-state index in [1.54, 1.807) is 6.07 Å². The van der Waals surface area contributed by atoms with Crippen LogP contribution in [-0.2, 0) is 0 Å². The summed E-state index contributed by atoms with van der Waals surface area (Å²) < 4.78 is 0. The first-order chi connectivity index (χ1) is 9.60. The fourth-order valence-corrected chi connectivity index (χ4v) is 1.90. The summed E-state index contributed by atoms with van der Waals surface area (Å²) in [5.41, 5.74) is 0.851. The van der Waals surface area contributed by atoms with Crippen LogP contribution in [0.25, 0.3) is 0 Å². The van der Waals surface area contributed by atoms with Crippen molar-refractivity contribution in [3.05, 3.63) is 33.9 Å². The molecule has 0 unspecified atom stereocenters. The predicted molar refractivity (Wildman–Crippen MR) is 79.1 cm³/mol. The molecule has 1 aromatic carbocycles. The topological polar surface area (TPSA) is 84.3 Å². The zero-order valence-electron chi connectivity index (χ0n) is 11.9. The Kier molecular flexibility index (Phi) is 6.49. The highest BCUT2D eigenvalue weighted by Crippen LogP contribution is 2.22. The monoisotopic (exact) mass is 279 g/mol. The van der Waals surface area contributed by atoms with E-state index in [4.69, 9.17) is 0 Å².